The zero-order valence-corrected chi connectivity index (χ0v) is 9.89. The van der Waals surface area contributed by atoms with Gasteiger partial charge in [0.1, 0.15) is 0 Å². The topological polar surface area (TPSA) is 51.4 Å². The summed E-state index contributed by atoms with van der Waals surface area (Å²) in [5.74, 6) is 1.77. The minimum atomic E-state index is 0.475. The van der Waals surface area contributed by atoms with Crippen molar-refractivity contribution in [1.29, 1.82) is 0 Å². The van der Waals surface area contributed by atoms with E-state index >= 15 is 0 Å². The summed E-state index contributed by atoms with van der Waals surface area (Å²) in [6.07, 6.45) is 0. The Labute approximate surface area is 88.8 Å². The van der Waals surface area contributed by atoms with Gasteiger partial charge in [0.2, 0.25) is 0 Å². The molecule has 0 bridgehead atoms. The lowest BCUT2D eigenvalue weighted by Gasteiger charge is -2.19. The summed E-state index contributed by atoms with van der Waals surface area (Å²) < 4.78 is 9.27. The Hall–Kier alpha value is -0.970. The maximum Gasteiger partial charge on any atom is 0.197 e. The Balaban J connectivity index is 2.83. The minimum absolute atomic E-state index is 0.475. The molecular weight excluding hydrogens is 198 g/mol. The predicted octanol–water partition coefficient (Wildman–Crippen LogP) is 1.83. The van der Waals surface area contributed by atoms with Gasteiger partial charge in [0.05, 0.1) is 7.11 Å². The Morgan fingerprint density at radius 2 is 2.21 bits per heavy atom. The van der Waals surface area contributed by atoms with Crippen LogP contribution in [0.3, 0.4) is 0 Å². The fraction of sp³-hybridized carbons (Fsp3) is 0.667. The van der Waals surface area contributed by atoms with E-state index in [9.17, 15) is 0 Å². The zero-order valence-electron chi connectivity index (χ0n) is 9.07. The van der Waals surface area contributed by atoms with Crippen LogP contribution in [-0.2, 0) is 0 Å². The molecule has 14 heavy (non-hydrogen) atoms. The fourth-order valence-corrected chi connectivity index (χ4v) is 2.10. The third-order valence-electron chi connectivity index (χ3n) is 1.85. The number of hydrogen-bond donors (Lipinski definition) is 1. The molecular formula is C9H17N3OS. The highest BCUT2D eigenvalue weighted by Gasteiger charge is 2.16. The third-order valence-corrected chi connectivity index (χ3v) is 2.81. The number of nitrogen functional groups attached to an aromatic ring is 1. The van der Waals surface area contributed by atoms with Crippen molar-refractivity contribution >= 4 is 22.4 Å². The first-order valence-electron chi connectivity index (χ1n) is 4.56. The molecule has 2 N–H and O–H groups in total. The molecule has 0 radical (unpaired) electrons. The van der Waals surface area contributed by atoms with Gasteiger partial charge in [-0.05, 0) is 17.5 Å². The van der Waals surface area contributed by atoms with E-state index < -0.39 is 0 Å². The maximum atomic E-state index is 5.67. The number of hydrogen-bond acceptors (Lipinski definition) is 5. The molecule has 0 atom stereocenters. The summed E-state index contributed by atoms with van der Waals surface area (Å²) in [7, 11) is 3.64. The van der Waals surface area contributed by atoms with Gasteiger partial charge in [-0.25, -0.2) is 0 Å². The molecule has 0 aliphatic carbocycles. The van der Waals surface area contributed by atoms with Crippen molar-refractivity contribution in [2.45, 2.75) is 13.8 Å². The molecule has 5 heteroatoms. The summed E-state index contributed by atoms with van der Waals surface area (Å²) >= 11 is 1.38. The largest absolute Gasteiger partial charge is 0.490 e. The SMILES string of the molecule is COc1c(N)nsc1N(C)CC(C)C. The van der Waals surface area contributed by atoms with Crippen LogP contribution < -0.4 is 15.4 Å². The van der Waals surface area contributed by atoms with E-state index in [0.717, 1.165) is 11.5 Å². The molecule has 0 saturated carbocycles. The Bertz CT molecular complexity index is 298. The van der Waals surface area contributed by atoms with E-state index in [1.165, 1.54) is 11.5 Å². The van der Waals surface area contributed by atoms with Crippen LogP contribution in [0.5, 0.6) is 5.75 Å². The van der Waals surface area contributed by atoms with Crippen molar-refractivity contribution in [3.05, 3.63) is 0 Å². The van der Waals surface area contributed by atoms with Crippen molar-refractivity contribution in [2.75, 3.05) is 31.3 Å². The second-order valence-electron chi connectivity index (χ2n) is 3.68. The van der Waals surface area contributed by atoms with Crippen molar-refractivity contribution in [3.63, 3.8) is 0 Å². The molecule has 0 amide bonds. The third kappa shape index (κ3) is 2.29. The van der Waals surface area contributed by atoms with Crippen molar-refractivity contribution in [1.82, 2.24) is 4.37 Å². The average Bonchev–Trinajstić information content (AvgIpc) is 2.45. The van der Waals surface area contributed by atoms with Crippen LogP contribution in [-0.4, -0.2) is 25.1 Å². The lowest BCUT2D eigenvalue weighted by molar-refractivity contribution is 0.417. The molecule has 0 unspecified atom stereocenters. The van der Waals surface area contributed by atoms with E-state index in [4.69, 9.17) is 10.5 Å². The van der Waals surface area contributed by atoms with Crippen LogP contribution in [0.2, 0.25) is 0 Å². The van der Waals surface area contributed by atoms with E-state index in [1.54, 1.807) is 7.11 Å². The first-order valence-corrected chi connectivity index (χ1v) is 5.33. The van der Waals surface area contributed by atoms with Gasteiger partial charge < -0.3 is 15.4 Å². The highest BCUT2D eigenvalue weighted by Crippen LogP contribution is 2.37. The van der Waals surface area contributed by atoms with Crippen molar-refractivity contribution in [3.8, 4) is 5.75 Å². The monoisotopic (exact) mass is 215 g/mol. The molecule has 0 aliphatic heterocycles. The van der Waals surface area contributed by atoms with Crippen LogP contribution in [0.25, 0.3) is 0 Å². The number of rotatable bonds is 4. The summed E-state index contributed by atoms with van der Waals surface area (Å²) in [6, 6.07) is 0. The van der Waals surface area contributed by atoms with Gasteiger partial charge >= 0.3 is 0 Å². The lowest BCUT2D eigenvalue weighted by atomic mass is 10.2. The van der Waals surface area contributed by atoms with Gasteiger partial charge in [-0.3, -0.25) is 0 Å². The van der Waals surface area contributed by atoms with E-state index in [-0.39, 0.29) is 0 Å². The first-order chi connectivity index (χ1) is 6.56. The molecule has 1 aromatic rings. The van der Waals surface area contributed by atoms with Gasteiger partial charge in [0, 0.05) is 13.6 Å². The van der Waals surface area contributed by atoms with Gasteiger partial charge in [-0.15, -0.1) is 0 Å². The van der Waals surface area contributed by atoms with Gasteiger partial charge in [0.15, 0.2) is 16.6 Å². The molecule has 80 valence electrons. The fourth-order valence-electron chi connectivity index (χ4n) is 1.35. The number of anilines is 2. The molecule has 0 saturated heterocycles. The highest BCUT2D eigenvalue weighted by atomic mass is 32.1. The van der Waals surface area contributed by atoms with Gasteiger partial charge in [-0.2, -0.15) is 4.37 Å². The summed E-state index contributed by atoms with van der Waals surface area (Å²) in [5, 5.41) is 0.999. The lowest BCUT2D eigenvalue weighted by Crippen LogP contribution is -2.21. The Morgan fingerprint density at radius 3 is 2.71 bits per heavy atom. The van der Waals surface area contributed by atoms with Crippen LogP contribution in [0, 0.1) is 5.92 Å². The zero-order chi connectivity index (χ0) is 10.7. The smallest absolute Gasteiger partial charge is 0.197 e. The van der Waals surface area contributed by atoms with E-state index in [0.29, 0.717) is 17.5 Å². The van der Waals surface area contributed by atoms with Crippen LogP contribution in [0.4, 0.5) is 10.8 Å². The minimum Gasteiger partial charge on any atom is -0.490 e. The molecule has 1 heterocycles. The predicted molar refractivity (Wildman–Crippen MR) is 61.2 cm³/mol. The van der Waals surface area contributed by atoms with Gasteiger partial charge in [0.25, 0.3) is 0 Å². The normalized spacial score (nSPS) is 10.6. The Kier molecular flexibility index (Phi) is 3.57. The number of aromatic nitrogens is 1. The molecule has 0 aromatic carbocycles. The van der Waals surface area contributed by atoms with Crippen molar-refractivity contribution in [2.24, 2.45) is 5.92 Å². The Morgan fingerprint density at radius 1 is 1.57 bits per heavy atom. The molecule has 0 fully saturated rings. The number of ether oxygens (including phenoxy) is 1. The van der Waals surface area contributed by atoms with Crippen LogP contribution >= 0.6 is 11.5 Å². The number of nitrogens with two attached hydrogens (primary N) is 1. The number of nitrogens with zero attached hydrogens (tertiary/aromatic N) is 2. The second kappa shape index (κ2) is 4.50. The molecule has 0 spiro atoms. The highest BCUT2D eigenvalue weighted by molar-refractivity contribution is 7.11. The van der Waals surface area contributed by atoms with Crippen molar-refractivity contribution < 1.29 is 4.74 Å². The molecule has 0 aliphatic rings. The second-order valence-corrected chi connectivity index (χ2v) is 4.43. The van der Waals surface area contributed by atoms with Crippen LogP contribution in [0.15, 0.2) is 0 Å². The maximum absolute atomic E-state index is 5.67. The van der Waals surface area contributed by atoms with E-state index in [1.807, 2.05) is 7.05 Å². The quantitative estimate of drug-likeness (QED) is 0.832. The summed E-state index contributed by atoms with van der Waals surface area (Å²) in [4.78, 5) is 2.12. The van der Waals surface area contributed by atoms with E-state index in [2.05, 4.69) is 23.1 Å². The number of methoxy groups -OCH3 is 1. The molecule has 1 rings (SSSR count). The first kappa shape index (κ1) is 11.1. The van der Waals surface area contributed by atoms with Crippen LogP contribution in [0.1, 0.15) is 13.8 Å². The molecule has 1 aromatic heterocycles. The average molecular weight is 215 g/mol. The summed E-state index contributed by atoms with van der Waals surface area (Å²) in [6.45, 7) is 5.32. The van der Waals surface area contributed by atoms with Gasteiger partial charge in [-0.1, -0.05) is 13.8 Å². The standard InChI is InChI=1S/C9H17N3OS/c1-6(2)5-12(3)9-7(13-4)8(10)11-14-9/h6H,5H2,1-4H3,(H2,10,11). The summed E-state index contributed by atoms with van der Waals surface area (Å²) in [5.41, 5.74) is 5.67. The molecule has 4 nitrogen and oxygen atoms in total.